The number of aliphatic hydroxyl groups is 1. The zero-order chi connectivity index (χ0) is 8.27. The van der Waals surface area contributed by atoms with Gasteiger partial charge in [0.05, 0.1) is 6.10 Å². The van der Waals surface area contributed by atoms with Crippen LogP contribution in [0.1, 0.15) is 19.3 Å². The lowest BCUT2D eigenvalue weighted by molar-refractivity contribution is 0.142. The quantitative estimate of drug-likeness (QED) is 0.614. The molecule has 0 saturated heterocycles. The van der Waals surface area contributed by atoms with Crippen molar-refractivity contribution in [2.45, 2.75) is 25.4 Å². The van der Waals surface area contributed by atoms with Crippen LogP contribution in [0.2, 0.25) is 0 Å². The maximum absolute atomic E-state index is 9.48. The maximum atomic E-state index is 9.48. The second-order valence-corrected chi connectivity index (χ2v) is 3.24. The molecule has 0 radical (unpaired) electrons. The molecule has 1 N–H and O–H groups in total. The molecule has 0 bridgehead atoms. The lowest BCUT2D eigenvalue weighted by atomic mass is 9.92. The van der Waals surface area contributed by atoms with Gasteiger partial charge in [-0.2, -0.15) is 0 Å². The highest BCUT2D eigenvalue weighted by atomic mass is 16.3. The van der Waals surface area contributed by atoms with Crippen molar-refractivity contribution >= 4 is 0 Å². The van der Waals surface area contributed by atoms with E-state index >= 15 is 0 Å². The Hall–Kier alpha value is -0.560. The molecule has 3 unspecified atom stereocenters. The summed E-state index contributed by atoms with van der Waals surface area (Å²) < 4.78 is 0. The van der Waals surface area contributed by atoms with Crippen LogP contribution in [0.5, 0.6) is 0 Å². The summed E-state index contributed by atoms with van der Waals surface area (Å²) in [4.78, 5) is 0. The van der Waals surface area contributed by atoms with E-state index in [0.29, 0.717) is 11.8 Å². The van der Waals surface area contributed by atoms with Crippen molar-refractivity contribution in [3.8, 4) is 0 Å². The van der Waals surface area contributed by atoms with Gasteiger partial charge >= 0.3 is 0 Å². The molecule has 0 aromatic carbocycles. The SMILES string of the molecule is C=CCC1CCC(O)C1C=C. The van der Waals surface area contributed by atoms with Crippen LogP contribution in [-0.2, 0) is 0 Å². The summed E-state index contributed by atoms with van der Waals surface area (Å²) in [5.41, 5.74) is 0. The monoisotopic (exact) mass is 152 g/mol. The predicted molar refractivity (Wildman–Crippen MR) is 47.2 cm³/mol. The van der Waals surface area contributed by atoms with Gasteiger partial charge in [0.2, 0.25) is 0 Å². The van der Waals surface area contributed by atoms with Gasteiger partial charge in [0.25, 0.3) is 0 Å². The average Bonchev–Trinajstić information content (AvgIpc) is 2.33. The first kappa shape index (κ1) is 8.54. The minimum Gasteiger partial charge on any atom is -0.393 e. The van der Waals surface area contributed by atoms with Gasteiger partial charge in [-0.3, -0.25) is 0 Å². The Kier molecular flexibility index (Phi) is 2.89. The first-order chi connectivity index (χ1) is 5.29. The van der Waals surface area contributed by atoms with Crippen molar-refractivity contribution in [3.05, 3.63) is 25.3 Å². The van der Waals surface area contributed by atoms with Gasteiger partial charge in [-0.25, -0.2) is 0 Å². The molecular weight excluding hydrogens is 136 g/mol. The first-order valence-corrected chi connectivity index (χ1v) is 4.21. The standard InChI is InChI=1S/C10H16O/c1-3-5-8-6-7-10(11)9(8)4-2/h3-4,8-11H,1-2,5-7H2. The van der Waals surface area contributed by atoms with Crippen molar-refractivity contribution in [3.63, 3.8) is 0 Å². The molecule has 1 nitrogen and oxygen atoms in total. The van der Waals surface area contributed by atoms with Gasteiger partial charge in [-0.15, -0.1) is 13.2 Å². The summed E-state index contributed by atoms with van der Waals surface area (Å²) in [5.74, 6) is 0.882. The third-order valence-corrected chi connectivity index (χ3v) is 2.56. The normalized spacial score (nSPS) is 37.0. The van der Waals surface area contributed by atoms with Gasteiger partial charge in [0.15, 0.2) is 0 Å². The van der Waals surface area contributed by atoms with Crippen molar-refractivity contribution in [1.82, 2.24) is 0 Å². The Bertz CT molecular complexity index is 151. The van der Waals surface area contributed by atoms with Crippen molar-refractivity contribution in [2.24, 2.45) is 11.8 Å². The van der Waals surface area contributed by atoms with E-state index in [-0.39, 0.29) is 6.10 Å². The fourth-order valence-electron chi connectivity index (χ4n) is 1.92. The van der Waals surface area contributed by atoms with Crippen LogP contribution >= 0.6 is 0 Å². The Labute approximate surface area is 68.4 Å². The molecule has 0 aromatic heterocycles. The molecule has 1 rings (SSSR count). The second-order valence-electron chi connectivity index (χ2n) is 3.24. The summed E-state index contributed by atoms with van der Waals surface area (Å²) in [6.07, 6.45) is 6.70. The minimum atomic E-state index is -0.155. The molecule has 3 atom stereocenters. The van der Waals surface area contributed by atoms with Gasteiger partial charge in [-0.1, -0.05) is 12.2 Å². The summed E-state index contributed by atoms with van der Waals surface area (Å²) in [6.45, 7) is 7.43. The summed E-state index contributed by atoms with van der Waals surface area (Å²) in [6, 6.07) is 0. The molecule has 11 heavy (non-hydrogen) atoms. The van der Waals surface area contributed by atoms with Crippen LogP contribution in [0.25, 0.3) is 0 Å². The molecule has 1 aliphatic rings. The molecule has 0 heterocycles. The fourth-order valence-corrected chi connectivity index (χ4v) is 1.92. The van der Waals surface area contributed by atoms with Gasteiger partial charge in [0, 0.05) is 5.92 Å². The summed E-state index contributed by atoms with van der Waals surface area (Å²) in [7, 11) is 0. The number of hydrogen-bond donors (Lipinski definition) is 1. The smallest absolute Gasteiger partial charge is 0.0605 e. The molecule has 62 valence electrons. The van der Waals surface area contributed by atoms with E-state index in [1.54, 1.807) is 0 Å². The van der Waals surface area contributed by atoms with Crippen LogP contribution in [0, 0.1) is 11.8 Å². The molecule has 1 saturated carbocycles. The van der Waals surface area contributed by atoms with Gasteiger partial charge < -0.3 is 5.11 Å². The Balaban J connectivity index is 2.53. The molecule has 1 heteroatoms. The number of hydrogen-bond acceptors (Lipinski definition) is 1. The summed E-state index contributed by atoms with van der Waals surface area (Å²) >= 11 is 0. The molecule has 1 fully saturated rings. The minimum absolute atomic E-state index is 0.155. The van der Waals surface area contributed by atoms with E-state index in [1.807, 2.05) is 12.2 Å². The number of aliphatic hydroxyl groups excluding tert-OH is 1. The highest BCUT2D eigenvalue weighted by Crippen LogP contribution is 2.35. The van der Waals surface area contributed by atoms with Crippen LogP contribution in [0.4, 0.5) is 0 Å². The van der Waals surface area contributed by atoms with E-state index in [1.165, 1.54) is 0 Å². The van der Waals surface area contributed by atoms with E-state index in [0.717, 1.165) is 19.3 Å². The number of allylic oxidation sites excluding steroid dienone is 1. The third-order valence-electron chi connectivity index (χ3n) is 2.56. The Morgan fingerprint density at radius 1 is 1.36 bits per heavy atom. The highest BCUT2D eigenvalue weighted by Gasteiger charge is 2.31. The first-order valence-electron chi connectivity index (χ1n) is 4.21. The van der Waals surface area contributed by atoms with Crippen molar-refractivity contribution < 1.29 is 5.11 Å². The largest absolute Gasteiger partial charge is 0.393 e. The van der Waals surface area contributed by atoms with Crippen LogP contribution in [-0.4, -0.2) is 11.2 Å². The van der Waals surface area contributed by atoms with Crippen molar-refractivity contribution in [1.29, 1.82) is 0 Å². The van der Waals surface area contributed by atoms with Crippen LogP contribution in [0.15, 0.2) is 25.3 Å². The second kappa shape index (κ2) is 3.72. The predicted octanol–water partition coefficient (Wildman–Crippen LogP) is 2.14. The van der Waals surface area contributed by atoms with Gasteiger partial charge in [-0.05, 0) is 25.2 Å². The molecule has 0 spiro atoms. The van der Waals surface area contributed by atoms with Crippen molar-refractivity contribution in [2.75, 3.05) is 0 Å². The Morgan fingerprint density at radius 3 is 2.64 bits per heavy atom. The van der Waals surface area contributed by atoms with Crippen LogP contribution in [0.3, 0.4) is 0 Å². The van der Waals surface area contributed by atoms with E-state index in [2.05, 4.69) is 13.2 Å². The molecule has 0 aromatic rings. The average molecular weight is 152 g/mol. The molecule has 1 aliphatic carbocycles. The third kappa shape index (κ3) is 1.72. The molecule has 0 aliphatic heterocycles. The number of rotatable bonds is 3. The zero-order valence-electron chi connectivity index (χ0n) is 6.87. The fraction of sp³-hybridized carbons (Fsp3) is 0.600. The molecular formula is C10H16O. The highest BCUT2D eigenvalue weighted by molar-refractivity contribution is 4.96. The van der Waals surface area contributed by atoms with Gasteiger partial charge in [0.1, 0.15) is 0 Å². The topological polar surface area (TPSA) is 20.2 Å². The molecule has 0 amide bonds. The van der Waals surface area contributed by atoms with Crippen LogP contribution < -0.4 is 0 Å². The lowest BCUT2D eigenvalue weighted by Gasteiger charge is -2.15. The zero-order valence-corrected chi connectivity index (χ0v) is 6.87. The lowest BCUT2D eigenvalue weighted by Crippen LogP contribution is -2.15. The van der Waals surface area contributed by atoms with E-state index < -0.39 is 0 Å². The Morgan fingerprint density at radius 2 is 2.09 bits per heavy atom. The van der Waals surface area contributed by atoms with E-state index in [4.69, 9.17) is 0 Å². The van der Waals surface area contributed by atoms with E-state index in [9.17, 15) is 5.11 Å². The maximum Gasteiger partial charge on any atom is 0.0605 e. The summed E-state index contributed by atoms with van der Waals surface area (Å²) in [5, 5.41) is 9.48.